The number of fused-ring (bicyclic) bond motifs is 2. The van der Waals surface area contributed by atoms with Crippen LogP contribution in [0.1, 0.15) is 61.8 Å². The zero-order chi connectivity index (χ0) is 29.4. The van der Waals surface area contributed by atoms with Gasteiger partial charge in [0.1, 0.15) is 5.82 Å². The van der Waals surface area contributed by atoms with E-state index in [9.17, 15) is 0 Å². The van der Waals surface area contributed by atoms with Gasteiger partial charge in [-0.05, 0) is 113 Å². The largest absolute Gasteiger partial charge is 0.314 e. The molecule has 0 amide bonds. The minimum absolute atomic E-state index is 0.468. The van der Waals surface area contributed by atoms with Crippen LogP contribution in [0.25, 0.3) is 21.3 Å². The van der Waals surface area contributed by atoms with Crippen LogP contribution >= 0.6 is 11.3 Å². The van der Waals surface area contributed by atoms with Gasteiger partial charge in [-0.2, -0.15) is 5.10 Å². The number of pyridine rings is 1. The highest BCUT2D eigenvalue weighted by Gasteiger charge is 2.51. The van der Waals surface area contributed by atoms with Crippen LogP contribution in [-0.4, -0.2) is 36.5 Å². The molecular formula is C35H38N8S. The monoisotopic (exact) mass is 602 g/mol. The summed E-state index contributed by atoms with van der Waals surface area (Å²) < 4.78 is 3.46. The number of para-hydroxylation sites is 1. The van der Waals surface area contributed by atoms with Crippen LogP contribution in [0.5, 0.6) is 0 Å². The lowest BCUT2D eigenvalue weighted by atomic mass is 9.49. The first-order valence-electron chi connectivity index (χ1n) is 16.3. The Bertz CT molecular complexity index is 1800. The van der Waals surface area contributed by atoms with Crippen molar-refractivity contribution in [2.45, 2.75) is 71.8 Å². The lowest BCUT2D eigenvalue weighted by molar-refractivity contribution is -0.0638. The van der Waals surface area contributed by atoms with Gasteiger partial charge in [0.05, 0.1) is 16.4 Å². The molecular weight excluding hydrogens is 565 g/mol. The summed E-state index contributed by atoms with van der Waals surface area (Å²) in [4.78, 5) is 11.9. The van der Waals surface area contributed by atoms with E-state index in [0.29, 0.717) is 5.41 Å². The lowest BCUT2D eigenvalue weighted by Gasteiger charge is -2.56. The molecule has 0 spiro atoms. The molecule has 44 heavy (non-hydrogen) atoms. The Hall–Kier alpha value is -3.85. The molecule has 4 aromatic heterocycles. The summed E-state index contributed by atoms with van der Waals surface area (Å²) in [7, 11) is 0. The van der Waals surface area contributed by atoms with Crippen LogP contribution in [0.3, 0.4) is 0 Å². The van der Waals surface area contributed by atoms with Crippen molar-refractivity contribution in [2.75, 3.05) is 16.8 Å². The van der Waals surface area contributed by atoms with Gasteiger partial charge < -0.3 is 10.2 Å². The summed E-state index contributed by atoms with van der Waals surface area (Å²) in [6, 6.07) is 12.5. The molecule has 1 aliphatic heterocycles. The molecule has 0 atom stereocenters. The van der Waals surface area contributed by atoms with Gasteiger partial charge >= 0.3 is 0 Å². The standard InChI is InChI=1S/C35H38N8S/c1-21-27-6-5-11-42(33(27)41-40-32(21)39-34-38-29-7-3-4-8-30(29)44-34)31-10-9-26(18-36-31)28-19-37-43(22(28)2)20-35-15-23-12-24(16-35)14-25(13-23)17-35/h3-4,7-10,18-19,23-25H,5-6,11-17,20H2,1-2H3,(H,38,39,40). The molecule has 4 saturated carbocycles. The minimum Gasteiger partial charge on any atom is -0.314 e. The molecule has 4 fully saturated rings. The van der Waals surface area contributed by atoms with Crippen molar-refractivity contribution in [1.29, 1.82) is 0 Å². The lowest BCUT2D eigenvalue weighted by Crippen LogP contribution is -2.48. The van der Waals surface area contributed by atoms with Crippen molar-refractivity contribution in [3.05, 3.63) is 65.6 Å². The van der Waals surface area contributed by atoms with E-state index in [0.717, 1.165) is 87.6 Å². The molecule has 1 aromatic carbocycles. The molecule has 5 aliphatic rings. The van der Waals surface area contributed by atoms with E-state index in [1.54, 1.807) is 11.3 Å². The van der Waals surface area contributed by atoms with E-state index < -0.39 is 0 Å². The first-order chi connectivity index (χ1) is 21.5. The second-order valence-corrected chi connectivity index (χ2v) is 15.0. The van der Waals surface area contributed by atoms with Crippen molar-refractivity contribution in [1.82, 2.24) is 29.9 Å². The van der Waals surface area contributed by atoms with Gasteiger partial charge in [-0.25, -0.2) is 9.97 Å². The number of anilines is 4. The summed E-state index contributed by atoms with van der Waals surface area (Å²) in [5.41, 5.74) is 7.38. The number of nitrogens with one attached hydrogen (secondary N) is 1. The molecule has 5 heterocycles. The minimum atomic E-state index is 0.468. The summed E-state index contributed by atoms with van der Waals surface area (Å²) in [5, 5.41) is 18.5. The molecule has 5 aromatic rings. The number of benzene rings is 1. The van der Waals surface area contributed by atoms with E-state index in [1.165, 1.54) is 55.3 Å². The summed E-state index contributed by atoms with van der Waals surface area (Å²) in [5.74, 6) is 5.47. The highest BCUT2D eigenvalue weighted by molar-refractivity contribution is 7.22. The Balaban J connectivity index is 0.946. The fourth-order valence-corrected chi connectivity index (χ4v) is 10.2. The van der Waals surface area contributed by atoms with Gasteiger partial charge in [0.2, 0.25) is 0 Å². The molecule has 8 nitrogen and oxygen atoms in total. The normalized spacial score (nSPS) is 25.5. The number of rotatable bonds is 6. The molecule has 1 N–H and O–H groups in total. The molecule has 10 rings (SSSR count). The van der Waals surface area contributed by atoms with E-state index in [1.807, 2.05) is 24.4 Å². The maximum Gasteiger partial charge on any atom is 0.189 e. The second kappa shape index (κ2) is 10.1. The maximum atomic E-state index is 4.95. The number of thiazole rings is 1. The van der Waals surface area contributed by atoms with E-state index in [4.69, 9.17) is 20.2 Å². The number of aromatic nitrogens is 6. The van der Waals surface area contributed by atoms with Gasteiger partial charge in [-0.1, -0.05) is 23.5 Å². The van der Waals surface area contributed by atoms with Crippen LogP contribution in [0.2, 0.25) is 0 Å². The molecule has 0 saturated heterocycles. The molecule has 4 bridgehead atoms. The predicted octanol–water partition coefficient (Wildman–Crippen LogP) is 8.01. The zero-order valence-electron chi connectivity index (χ0n) is 25.5. The van der Waals surface area contributed by atoms with Crippen molar-refractivity contribution in [3.63, 3.8) is 0 Å². The Morgan fingerprint density at radius 2 is 1.75 bits per heavy atom. The Morgan fingerprint density at radius 3 is 2.50 bits per heavy atom. The Morgan fingerprint density at radius 1 is 0.955 bits per heavy atom. The van der Waals surface area contributed by atoms with Crippen LogP contribution in [0.15, 0.2) is 48.8 Å². The molecule has 224 valence electrons. The van der Waals surface area contributed by atoms with Gasteiger partial charge in [0.25, 0.3) is 0 Å². The fraction of sp³-hybridized carbons (Fsp3) is 0.457. The summed E-state index contributed by atoms with van der Waals surface area (Å²) >= 11 is 1.63. The van der Waals surface area contributed by atoms with Gasteiger partial charge in [-0.15, -0.1) is 10.2 Å². The zero-order valence-corrected chi connectivity index (χ0v) is 26.3. The maximum absolute atomic E-state index is 4.95. The Labute approximate surface area is 262 Å². The quantitative estimate of drug-likeness (QED) is 0.211. The summed E-state index contributed by atoms with van der Waals surface area (Å²) in [6.07, 6.45) is 14.7. The predicted molar refractivity (Wildman–Crippen MR) is 176 cm³/mol. The van der Waals surface area contributed by atoms with Crippen LogP contribution in [-0.2, 0) is 13.0 Å². The van der Waals surface area contributed by atoms with Crippen LogP contribution in [0.4, 0.5) is 22.6 Å². The van der Waals surface area contributed by atoms with E-state index in [2.05, 4.69) is 58.2 Å². The van der Waals surface area contributed by atoms with Crippen molar-refractivity contribution in [2.24, 2.45) is 23.2 Å². The number of hydrogen-bond donors (Lipinski definition) is 1. The van der Waals surface area contributed by atoms with Gasteiger partial charge in [0.15, 0.2) is 16.8 Å². The third-order valence-corrected chi connectivity index (χ3v) is 11.9. The molecule has 0 unspecified atom stereocenters. The molecule has 4 aliphatic carbocycles. The molecule has 9 heteroatoms. The first kappa shape index (κ1) is 26.5. The topological polar surface area (TPSA) is 84.7 Å². The fourth-order valence-electron chi connectivity index (χ4n) is 9.34. The van der Waals surface area contributed by atoms with E-state index in [-0.39, 0.29) is 0 Å². The van der Waals surface area contributed by atoms with Crippen molar-refractivity contribution in [3.8, 4) is 11.1 Å². The van der Waals surface area contributed by atoms with Gasteiger partial charge in [0, 0.05) is 47.2 Å². The smallest absolute Gasteiger partial charge is 0.189 e. The van der Waals surface area contributed by atoms with Crippen molar-refractivity contribution < 1.29 is 0 Å². The third kappa shape index (κ3) is 4.42. The van der Waals surface area contributed by atoms with Gasteiger partial charge in [-0.3, -0.25) is 4.68 Å². The highest BCUT2D eigenvalue weighted by Crippen LogP contribution is 2.60. The third-order valence-electron chi connectivity index (χ3n) is 11.0. The van der Waals surface area contributed by atoms with Crippen molar-refractivity contribution >= 4 is 44.1 Å². The average molecular weight is 603 g/mol. The summed E-state index contributed by atoms with van der Waals surface area (Å²) in [6.45, 7) is 6.31. The highest BCUT2D eigenvalue weighted by atomic mass is 32.1. The average Bonchev–Trinajstić information content (AvgIpc) is 3.60. The Kier molecular flexibility index (Phi) is 6.09. The first-order valence-corrected chi connectivity index (χ1v) is 17.1. The van der Waals surface area contributed by atoms with Crippen LogP contribution < -0.4 is 10.2 Å². The number of hydrogen-bond acceptors (Lipinski definition) is 8. The van der Waals surface area contributed by atoms with Crippen LogP contribution in [0, 0.1) is 37.0 Å². The molecule has 0 radical (unpaired) electrons. The van der Waals surface area contributed by atoms with E-state index >= 15 is 0 Å². The SMILES string of the molecule is Cc1c(Nc2nc3ccccc3s2)nnc2c1CCCN2c1ccc(-c2cnn(CC34CC5CC(CC(C5)C3)C4)c2C)cn1. The number of nitrogens with zero attached hydrogens (tertiary/aromatic N) is 7. The second-order valence-electron chi connectivity index (χ2n) is 14.0.